The number of nitrogen functional groups attached to an aromatic ring is 1. The average Bonchev–Trinajstić information content (AvgIpc) is 2.78. The second-order valence-corrected chi connectivity index (χ2v) is 5.13. The highest BCUT2D eigenvalue weighted by Gasteiger charge is 2.13. The molecule has 0 saturated heterocycles. The number of thiophene rings is 1. The number of aromatic nitrogens is 2. The minimum absolute atomic E-state index is 0.367. The van der Waals surface area contributed by atoms with Crippen LogP contribution in [0.1, 0.15) is 18.7 Å². The van der Waals surface area contributed by atoms with Gasteiger partial charge in [-0.3, -0.25) is 0 Å². The SMILES string of the molecule is CC(C)N(Cc1cccs1)c1cc(N)ncn1. The molecule has 0 amide bonds. The van der Waals surface area contributed by atoms with Crippen molar-refractivity contribution in [2.24, 2.45) is 0 Å². The van der Waals surface area contributed by atoms with Gasteiger partial charge < -0.3 is 10.6 Å². The van der Waals surface area contributed by atoms with Crippen LogP contribution in [0, 0.1) is 0 Å². The van der Waals surface area contributed by atoms with Gasteiger partial charge in [-0.05, 0) is 25.3 Å². The quantitative estimate of drug-likeness (QED) is 0.903. The summed E-state index contributed by atoms with van der Waals surface area (Å²) < 4.78 is 0. The molecule has 0 saturated carbocycles. The van der Waals surface area contributed by atoms with Crippen molar-refractivity contribution in [1.29, 1.82) is 0 Å². The molecule has 2 N–H and O–H groups in total. The molecule has 0 bridgehead atoms. The van der Waals surface area contributed by atoms with Gasteiger partial charge in [0, 0.05) is 17.0 Å². The molecule has 0 aliphatic carbocycles. The van der Waals surface area contributed by atoms with Crippen LogP contribution < -0.4 is 10.6 Å². The van der Waals surface area contributed by atoms with E-state index in [4.69, 9.17) is 5.73 Å². The van der Waals surface area contributed by atoms with Crippen molar-refractivity contribution in [1.82, 2.24) is 9.97 Å². The number of hydrogen-bond acceptors (Lipinski definition) is 5. The smallest absolute Gasteiger partial charge is 0.134 e. The molecule has 0 unspecified atom stereocenters. The van der Waals surface area contributed by atoms with Crippen LogP contribution in [-0.2, 0) is 6.54 Å². The zero-order valence-corrected chi connectivity index (χ0v) is 10.8. The van der Waals surface area contributed by atoms with Crippen LogP contribution in [0.15, 0.2) is 29.9 Å². The van der Waals surface area contributed by atoms with E-state index >= 15 is 0 Å². The predicted molar refractivity (Wildman–Crippen MR) is 72.1 cm³/mol. The Bertz CT molecular complexity index is 467. The minimum atomic E-state index is 0.367. The zero-order chi connectivity index (χ0) is 12.3. The summed E-state index contributed by atoms with van der Waals surface area (Å²) in [4.78, 5) is 11.7. The van der Waals surface area contributed by atoms with E-state index in [1.165, 1.54) is 11.2 Å². The highest BCUT2D eigenvalue weighted by Crippen LogP contribution is 2.20. The highest BCUT2D eigenvalue weighted by atomic mass is 32.1. The van der Waals surface area contributed by atoms with Gasteiger partial charge in [0.25, 0.3) is 0 Å². The number of hydrogen-bond donors (Lipinski definition) is 1. The minimum Gasteiger partial charge on any atom is -0.384 e. The molecule has 0 spiro atoms. The van der Waals surface area contributed by atoms with E-state index in [-0.39, 0.29) is 0 Å². The lowest BCUT2D eigenvalue weighted by molar-refractivity contribution is 0.676. The van der Waals surface area contributed by atoms with Crippen LogP contribution in [0.5, 0.6) is 0 Å². The molecule has 2 rings (SSSR count). The van der Waals surface area contributed by atoms with Gasteiger partial charge in [-0.1, -0.05) is 6.07 Å². The molecule has 4 nitrogen and oxygen atoms in total. The van der Waals surface area contributed by atoms with E-state index in [0.29, 0.717) is 11.9 Å². The van der Waals surface area contributed by atoms with E-state index < -0.39 is 0 Å². The number of rotatable bonds is 4. The van der Waals surface area contributed by atoms with Crippen LogP contribution >= 0.6 is 11.3 Å². The Kier molecular flexibility index (Phi) is 3.58. The summed E-state index contributed by atoms with van der Waals surface area (Å²) in [5.41, 5.74) is 5.69. The number of anilines is 2. The molecule has 2 aromatic heterocycles. The topological polar surface area (TPSA) is 55.0 Å². The highest BCUT2D eigenvalue weighted by molar-refractivity contribution is 7.09. The van der Waals surface area contributed by atoms with Crippen LogP contribution in [-0.4, -0.2) is 16.0 Å². The van der Waals surface area contributed by atoms with E-state index in [0.717, 1.165) is 12.4 Å². The van der Waals surface area contributed by atoms with Gasteiger partial charge in [-0.25, -0.2) is 9.97 Å². The van der Waals surface area contributed by atoms with Crippen molar-refractivity contribution in [2.45, 2.75) is 26.4 Å². The first-order valence-corrected chi connectivity index (χ1v) is 6.41. The Morgan fingerprint density at radius 3 is 2.82 bits per heavy atom. The average molecular weight is 248 g/mol. The summed E-state index contributed by atoms with van der Waals surface area (Å²) in [6, 6.07) is 6.37. The van der Waals surface area contributed by atoms with Crippen molar-refractivity contribution < 1.29 is 0 Å². The predicted octanol–water partition coefficient (Wildman–Crippen LogP) is 2.54. The molecule has 2 heterocycles. The Balaban J connectivity index is 2.23. The normalized spacial score (nSPS) is 10.8. The molecule has 2 aromatic rings. The number of nitrogens with two attached hydrogens (primary N) is 1. The lowest BCUT2D eigenvalue weighted by atomic mass is 10.3. The van der Waals surface area contributed by atoms with E-state index in [2.05, 4.69) is 46.2 Å². The fraction of sp³-hybridized carbons (Fsp3) is 0.333. The monoisotopic (exact) mass is 248 g/mol. The summed E-state index contributed by atoms with van der Waals surface area (Å²) in [6.07, 6.45) is 1.51. The van der Waals surface area contributed by atoms with Crippen LogP contribution in [0.25, 0.3) is 0 Å². The van der Waals surface area contributed by atoms with Crippen molar-refractivity contribution in [2.75, 3.05) is 10.6 Å². The fourth-order valence-electron chi connectivity index (χ4n) is 1.62. The molecule has 17 heavy (non-hydrogen) atoms. The van der Waals surface area contributed by atoms with Gasteiger partial charge in [0.05, 0.1) is 6.54 Å². The Labute approximate surface area is 105 Å². The molecule has 0 aliphatic heterocycles. The molecule has 0 aliphatic rings. The Hall–Kier alpha value is -1.62. The van der Waals surface area contributed by atoms with Gasteiger partial charge in [-0.2, -0.15) is 0 Å². The first kappa shape index (κ1) is 11.9. The second-order valence-electron chi connectivity index (χ2n) is 4.10. The molecular formula is C12H16N4S. The van der Waals surface area contributed by atoms with E-state index in [1.54, 1.807) is 11.3 Å². The van der Waals surface area contributed by atoms with Crippen molar-refractivity contribution in [3.63, 3.8) is 0 Å². The van der Waals surface area contributed by atoms with E-state index in [1.807, 2.05) is 6.07 Å². The number of nitrogens with zero attached hydrogens (tertiary/aromatic N) is 3. The van der Waals surface area contributed by atoms with Gasteiger partial charge in [0.1, 0.15) is 18.0 Å². The first-order valence-electron chi connectivity index (χ1n) is 5.53. The lowest BCUT2D eigenvalue weighted by Gasteiger charge is -2.27. The maximum absolute atomic E-state index is 5.69. The summed E-state index contributed by atoms with van der Waals surface area (Å²) in [7, 11) is 0. The molecule has 0 atom stereocenters. The largest absolute Gasteiger partial charge is 0.384 e. The van der Waals surface area contributed by atoms with Crippen molar-refractivity contribution in [3.8, 4) is 0 Å². The fourth-order valence-corrected chi connectivity index (χ4v) is 2.32. The van der Waals surface area contributed by atoms with Crippen molar-refractivity contribution >= 4 is 23.0 Å². The van der Waals surface area contributed by atoms with Gasteiger partial charge >= 0.3 is 0 Å². The summed E-state index contributed by atoms with van der Waals surface area (Å²) in [6.45, 7) is 5.14. The summed E-state index contributed by atoms with van der Waals surface area (Å²) >= 11 is 1.75. The first-order chi connectivity index (χ1) is 8.16. The van der Waals surface area contributed by atoms with Crippen LogP contribution in [0.3, 0.4) is 0 Å². The third-order valence-corrected chi connectivity index (χ3v) is 3.36. The van der Waals surface area contributed by atoms with Gasteiger partial charge in [0.15, 0.2) is 0 Å². The zero-order valence-electron chi connectivity index (χ0n) is 10.00. The third kappa shape index (κ3) is 2.94. The molecule has 0 aromatic carbocycles. The van der Waals surface area contributed by atoms with Crippen LogP contribution in [0.2, 0.25) is 0 Å². The lowest BCUT2D eigenvalue weighted by Crippen LogP contribution is -2.30. The Morgan fingerprint density at radius 1 is 1.41 bits per heavy atom. The van der Waals surface area contributed by atoms with Crippen LogP contribution in [0.4, 0.5) is 11.6 Å². The van der Waals surface area contributed by atoms with E-state index in [9.17, 15) is 0 Å². The molecule has 5 heteroatoms. The third-order valence-electron chi connectivity index (χ3n) is 2.50. The molecule has 90 valence electrons. The molecular weight excluding hydrogens is 232 g/mol. The molecule has 0 radical (unpaired) electrons. The molecule has 0 fully saturated rings. The van der Waals surface area contributed by atoms with Gasteiger partial charge in [0.2, 0.25) is 0 Å². The maximum atomic E-state index is 5.69. The maximum Gasteiger partial charge on any atom is 0.134 e. The summed E-state index contributed by atoms with van der Waals surface area (Å²) in [5.74, 6) is 1.38. The summed E-state index contributed by atoms with van der Waals surface area (Å²) in [5, 5.41) is 2.09. The standard InChI is InChI=1S/C12H16N4S/c1-9(2)16(7-10-4-3-5-17-10)12-6-11(13)14-8-15-12/h3-6,8-9H,7H2,1-2H3,(H2,13,14,15). The Morgan fingerprint density at radius 2 is 2.24 bits per heavy atom. The van der Waals surface area contributed by atoms with Gasteiger partial charge in [-0.15, -0.1) is 11.3 Å². The van der Waals surface area contributed by atoms with Crippen molar-refractivity contribution in [3.05, 3.63) is 34.8 Å². The second kappa shape index (κ2) is 5.14.